The number of nitrogens with one attached hydrogen (secondary N) is 1. The van der Waals surface area contributed by atoms with Crippen LogP contribution in [0, 0.1) is 0 Å². The van der Waals surface area contributed by atoms with Gasteiger partial charge >= 0.3 is 5.97 Å². The van der Waals surface area contributed by atoms with Crippen molar-refractivity contribution in [1.82, 2.24) is 5.32 Å². The quantitative estimate of drug-likeness (QED) is 0.692. The molecule has 0 radical (unpaired) electrons. The molecule has 1 atom stereocenters. The van der Waals surface area contributed by atoms with Crippen molar-refractivity contribution in [3.05, 3.63) is 29.8 Å². The fraction of sp³-hybridized carbons (Fsp3) is 0.333. The number of benzene rings is 1. The van der Waals surface area contributed by atoms with Crippen LogP contribution >= 0.6 is 0 Å². The summed E-state index contributed by atoms with van der Waals surface area (Å²) in [7, 11) is 1.49. The van der Waals surface area contributed by atoms with Gasteiger partial charge in [-0.15, -0.1) is 0 Å². The van der Waals surface area contributed by atoms with E-state index in [1.54, 1.807) is 12.1 Å². The van der Waals surface area contributed by atoms with E-state index in [-0.39, 0.29) is 5.56 Å². The van der Waals surface area contributed by atoms with E-state index in [4.69, 9.17) is 4.74 Å². The zero-order valence-electron chi connectivity index (χ0n) is 10.1. The summed E-state index contributed by atoms with van der Waals surface area (Å²) in [6.45, 7) is 0.450. The highest BCUT2D eigenvalue weighted by atomic mass is 16.5. The first-order valence-electron chi connectivity index (χ1n) is 5.24. The topological polar surface area (TPSA) is 95.9 Å². The summed E-state index contributed by atoms with van der Waals surface area (Å²) in [6.07, 6.45) is 0. The number of rotatable bonds is 5. The minimum absolute atomic E-state index is 0.272. The van der Waals surface area contributed by atoms with Crippen LogP contribution in [0.4, 0.5) is 0 Å². The maximum atomic E-state index is 11.3. The van der Waals surface area contributed by atoms with Gasteiger partial charge in [-0.2, -0.15) is 0 Å². The number of carboxylic acids is 1. The molecule has 6 heteroatoms. The van der Waals surface area contributed by atoms with Gasteiger partial charge in [0.1, 0.15) is 5.75 Å². The van der Waals surface area contributed by atoms with Crippen LogP contribution < -0.4 is 10.1 Å². The van der Waals surface area contributed by atoms with Gasteiger partial charge in [-0.1, -0.05) is 12.1 Å². The number of aliphatic hydroxyl groups excluding tert-OH is 1. The smallest absolute Gasteiger partial charge is 0.336 e. The Labute approximate surface area is 104 Å². The van der Waals surface area contributed by atoms with Crippen molar-refractivity contribution in [2.45, 2.75) is 12.5 Å². The molecule has 0 spiro atoms. The van der Waals surface area contributed by atoms with Crippen LogP contribution in [0.1, 0.15) is 12.5 Å². The van der Waals surface area contributed by atoms with Gasteiger partial charge < -0.3 is 20.3 Å². The van der Waals surface area contributed by atoms with Crippen LogP contribution in [0.5, 0.6) is 5.75 Å². The average Bonchev–Trinajstić information content (AvgIpc) is 2.35. The normalized spacial score (nSPS) is 13.5. The fourth-order valence-corrected chi connectivity index (χ4v) is 1.62. The number of amides is 1. The van der Waals surface area contributed by atoms with Crippen LogP contribution in [-0.2, 0) is 15.1 Å². The first kappa shape index (κ1) is 14.0. The lowest BCUT2D eigenvalue weighted by Gasteiger charge is -2.28. The molecule has 0 bridgehead atoms. The summed E-state index contributed by atoms with van der Waals surface area (Å²) in [5.41, 5.74) is -1.56. The summed E-state index contributed by atoms with van der Waals surface area (Å²) in [6, 6.07) is 6.09. The SMILES string of the molecule is COc1ccc([C@@](CO)(NC(C)=O)C(=O)O)cc1. The van der Waals surface area contributed by atoms with Gasteiger partial charge in [0.2, 0.25) is 5.91 Å². The van der Waals surface area contributed by atoms with Gasteiger partial charge in [-0.05, 0) is 17.7 Å². The monoisotopic (exact) mass is 253 g/mol. The van der Waals surface area contributed by atoms with Crippen LogP contribution in [0.2, 0.25) is 0 Å². The standard InChI is InChI=1S/C12H15NO5/c1-8(15)13-12(7-14,11(16)17)9-3-5-10(18-2)6-4-9/h3-6,14H,7H2,1-2H3,(H,13,15)(H,16,17)/t12-/m1/s1. The van der Waals surface area contributed by atoms with Gasteiger partial charge in [0, 0.05) is 6.92 Å². The molecule has 0 unspecified atom stereocenters. The van der Waals surface area contributed by atoms with Crippen molar-refractivity contribution in [1.29, 1.82) is 0 Å². The van der Waals surface area contributed by atoms with E-state index in [0.717, 1.165) is 0 Å². The Hall–Kier alpha value is -2.08. The van der Waals surface area contributed by atoms with E-state index in [9.17, 15) is 19.8 Å². The van der Waals surface area contributed by atoms with Crippen LogP contribution in [0.3, 0.4) is 0 Å². The second kappa shape index (κ2) is 5.50. The predicted octanol–water partition coefficient (Wildman–Crippen LogP) is 0.103. The van der Waals surface area contributed by atoms with E-state index in [0.29, 0.717) is 5.75 Å². The molecule has 0 heterocycles. The Balaban J connectivity index is 3.23. The largest absolute Gasteiger partial charge is 0.497 e. The highest BCUT2D eigenvalue weighted by Gasteiger charge is 2.40. The van der Waals surface area contributed by atoms with Crippen molar-refractivity contribution in [2.24, 2.45) is 0 Å². The number of methoxy groups -OCH3 is 1. The van der Waals surface area contributed by atoms with E-state index >= 15 is 0 Å². The Morgan fingerprint density at radius 3 is 2.22 bits per heavy atom. The minimum Gasteiger partial charge on any atom is -0.497 e. The Morgan fingerprint density at radius 1 is 1.33 bits per heavy atom. The van der Waals surface area contributed by atoms with Crippen molar-refractivity contribution >= 4 is 11.9 Å². The summed E-state index contributed by atoms with van der Waals surface area (Å²) in [5, 5.41) is 20.9. The summed E-state index contributed by atoms with van der Waals surface area (Å²) >= 11 is 0. The van der Waals surface area contributed by atoms with Crippen molar-refractivity contribution in [3.63, 3.8) is 0 Å². The lowest BCUT2D eigenvalue weighted by Crippen LogP contribution is -2.54. The number of carboxylic acid groups (broad SMARTS) is 1. The number of ether oxygens (including phenoxy) is 1. The molecular weight excluding hydrogens is 238 g/mol. The van der Waals surface area contributed by atoms with Crippen molar-refractivity contribution in [2.75, 3.05) is 13.7 Å². The van der Waals surface area contributed by atoms with Gasteiger partial charge in [0.15, 0.2) is 5.54 Å². The minimum atomic E-state index is -1.84. The first-order chi connectivity index (χ1) is 8.46. The third-order valence-electron chi connectivity index (χ3n) is 2.57. The van der Waals surface area contributed by atoms with E-state index in [2.05, 4.69) is 5.32 Å². The summed E-state index contributed by atoms with van der Waals surface area (Å²) < 4.78 is 4.96. The highest BCUT2D eigenvalue weighted by molar-refractivity contribution is 5.87. The molecule has 6 nitrogen and oxygen atoms in total. The fourth-order valence-electron chi connectivity index (χ4n) is 1.62. The maximum absolute atomic E-state index is 11.3. The van der Waals surface area contributed by atoms with Gasteiger partial charge in [0.25, 0.3) is 0 Å². The van der Waals surface area contributed by atoms with Gasteiger partial charge in [0.05, 0.1) is 13.7 Å². The molecule has 0 aromatic heterocycles. The maximum Gasteiger partial charge on any atom is 0.336 e. The number of hydrogen-bond acceptors (Lipinski definition) is 4. The van der Waals surface area contributed by atoms with Gasteiger partial charge in [-0.25, -0.2) is 4.79 Å². The second-order valence-corrected chi connectivity index (χ2v) is 3.78. The molecule has 18 heavy (non-hydrogen) atoms. The van der Waals surface area contributed by atoms with Crippen LogP contribution in [0.25, 0.3) is 0 Å². The van der Waals surface area contributed by atoms with Crippen molar-refractivity contribution < 1.29 is 24.5 Å². The molecule has 1 aromatic rings. The number of aliphatic hydroxyl groups is 1. The Kier molecular flexibility index (Phi) is 4.28. The number of carbonyl (C=O) groups is 2. The molecule has 1 aromatic carbocycles. The van der Waals surface area contributed by atoms with Crippen LogP contribution in [0.15, 0.2) is 24.3 Å². The van der Waals surface area contributed by atoms with E-state index < -0.39 is 24.0 Å². The third-order valence-corrected chi connectivity index (χ3v) is 2.57. The first-order valence-corrected chi connectivity index (χ1v) is 5.24. The van der Waals surface area contributed by atoms with Crippen molar-refractivity contribution in [3.8, 4) is 5.75 Å². The highest BCUT2D eigenvalue weighted by Crippen LogP contribution is 2.24. The Bertz CT molecular complexity index is 442. The average molecular weight is 253 g/mol. The number of hydrogen-bond donors (Lipinski definition) is 3. The molecule has 0 aliphatic rings. The summed E-state index contributed by atoms with van der Waals surface area (Å²) in [5.74, 6) is -1.31. The Morgan fingerprint density at radius 2 is 1.89 bits per heavy atom. The number of aliphatic carboxylic acids is 1. The lowest BCUT2D eigenvalue weighted by molar-refractivity contribution is -0.150. The van der Waals surface area contributed by atoms with E-state index in [1.165, 1.54) is 26.2 Å². The molecule has 3 N–H and O–H groups in total. The zero-order valence-corrected chi connectivity index (χ0v) is 10.1. The molecule has 1 amide bonds. The summed E-state index contributed by atoms with van der Waals surface area (Å²) in [4.78, 5) is 22.4. The molecule has 0 saturated heterocycles. The molecule has 0 saturated carbocycles. The number of carbonyl (C=O) groups excluding carboxylic acids is 1. The van der Waals surface area contributed by atoms with Gasteiger partial charge in [-0.3, -0.25) is 4.79 Å². The molecule has 0 aliphatic carbocycles. The molecular formula is C12H15NO5. The zero-order chi connectivity index (χ0) is 13.8. The lowest BCUT2D eigenvalue weighted by atomic mass is 9.90. The van der Waals surface area contributed by atoms with Crippen LogP contribution in [-0.4, -0.2) is 35.8 Å². The second-order valence-electron chi connectivity index (χ2n) is 3.78. The van der Waals surface area contributed by atoms with E-state index in [1.807, 2.05) is 0 Å². The third kappa shape index (κ3) is 2.60. The predicted molar refractivity (Wildman–Crippen MR) is 63.2 cm³/mol. The molecule has 98 valence electrons. The molecule has 0 fully saturated rings. The molecule has 1 rings (SSSR count). The molecule has 0 aliphatic heterocycles.